The van der Waals surface area contributed by atoms with Gasteiger partial charge in [0.2, 0.25) is 5.91 Å². The van der Waals surface area contributed by atoms with Gasteiger partial charge < -0.3 is 25.2 Å². The third-order valence-corrected chi connectivity index (χ3v) is 2.57. The second-order valence-electron chi connectivity index (χ2n) is 3.67. The van der Waals surface area contributed by atoms with Crippen LogP contribution in [0, 0.1) is 5.92 Å². The van der Waals surface area contributed by atoms with E-state index in [1.165, 1.54) is 0 Å². The molecule has 2 atom stereocenters. The first kappa shape index (κ1) is 13.4. The molecule has 1 aliphatic rings. The van der Waals surface area contributed by atoms with Crippen molar-refractivity contribution in [2.24, 2.45) is 5.92 Å². The Bertz CT molecular complexity index is 213. The average Bonchev–Trinajstić information content (AvgIpc) is 2.76. The van der Waals surface area contributed by atoms with Gasteiger partial charge in [-0.05, 0) is 7.05 Å². The zero-order valence-corrected chi connectivity index (χ0v) is 9.57. The summed E-state index contributed by atoms with van der Waals surface area (Å²) in [6.07, 6.45) is 0. The largest absolute Gasteiger partial charge is 0.394 e. The van der Waals surface area contributed by atoms with Crippen molar-refractivity contribution in [3.05, 3.63) is 0 Å². The topological polar surface area (TPSA) is 79.8 Å². The average molecular weight is 232 g/mol. The summed E-state index contributed by atoms with van der Waals surface area (Å²) in [7, 11) is 1.82. The van der Waals surface area contributed by atoms with Gasteiger partial charge in [-0.15, -0.1) is 0 Å². The Labute approximate surface area is 95.3 Å². The van der Waals surface area contributed by atoms with Crippen molar-refractivity contribution in [1.82, 2.24) is 10.6 Å². The molecule has 16 heavy (non-hydrogen) atoms. The first-order valence-electron chi connectivity index (χ1n) is 5.51. The smallest absolute Gasteiger partial charge is 0.227 e. The summed E-state index contributed by atoms with van der Waals surface area (Å²) >= 11 is 0. The van der Waals surface area contributed by atoms with Crippen LogP contribution < -0.4 is 10.6 Å². The third kappa shape index (κ3) is 4.05. The number of aliphatic hydroxyl groups is 1. The van der Waals surface area contributed by atoms with Crippen LogP contribution >= 0.6 is 0 Å². The lowest BCUT2D eigenvalue weighted by Gasteiger charge is -2.16. The summed E-state index contributed by atoms with van der Waals surface area (Å²) in [5, 5.41) is 14.3. The highest BCUT2D eigenvalue weighted by molar-refractivity contribution is 5.79. The Morgan fingerprint density at radius 1 is 1.50 bits per heavy atom. The Morgan fingerprint density at radius 2 is 2.31 bits per heavy atom. The molecule has 1 rings (SSSR count). The number of carbonyl (C=O) groups excluding carboxylic acids is 1. The number of hydrogen-bond donors (Lipinski definition) is 3. The number of aliphatic hydroxyl groups excluding tert-OH is 1. The second kappa shape index (κ2) is 7.56. The maximum Gasteiger partial charge on any atom is 0.227 e. The molecule has 0 bridgehead atoms. The van der Waals surface area contributed by atoms with E-state index in [1.807, 2.05) is 7.05 Å². The predicted octanol–water partition coefficient (Wildman–Crippen LogP) is -1.65. The molecule has 0 saturated carbocycles. The van der Waals surface area contributed by atoms with Crippen LogP contribution in [-0.4, -0.2) is 63.7 Å². The second-order valence-corrected chi connectivity index (χ2v) is 3.67. The van der Waals surface area contributed by atoms with Crippen LogP contribution in [-0.2, 0) is 14.3 Å². The van der Waals surface area contributed by atoms with Crippen LogP contribution in [0.3, 0.4) is 0 Å². The van der Waals surface area contributed by atoms with Crippen molar-refractivity contribution in [2.45, 2.75) is 6.04 Å². The number of hydrogen-bond acceptors (Lipinski definition) is 5. The SMILES string of the molecule is CNC1COCC1C(=O)NCCOCCO. The summed E-state index contributed by atoms with van der Waals surface area (Å²) in [6.45, 7) is 2.24. The Hall–Kier alpha value is -0.690. The molecular weight excluding hydrogens is 212 g/mol. The molecule has 94 valence electrons. The summed E-state index contributed by atoms with van der Waals surface area (Å²) in [6, 6.07) is 0.0957. The Kier molecular flexibility index (Phi) is 6.32. The van der Waals surface area contributed by atoms with E-state index in [0.717, 1.165) is 0 Å². The first-order chi connectivity index (χ1) is 7.79. The van der Waals surface area contributed by atoms with E-state index in [1.54, 1.807) is 0 Å². The quantitative estimate of drug-likeness (QED) is 0.458. The van der Waals surface area contributed by atoms with Gasteiger partial charge >= 0.3 is 0 Å². The standard InChI is InChI=1S/C10H20N2O4/c1-11-9-7-16-6-8(9)10(14)12-2-4-15-5-3-13/h8-9,11,13H,2-7H2,1H3,(H,12,14). The Morgan fingerprint density at radius 3 is 3.00 bits per heavy atom. The number of carbonyl (C=O) groups is 1. The van der Waals surface area contributed by atoms with Crippen LogP contribution in [0.15, 0.2) is 0 Å². The predicted molar refractivity (Wildman–Crippen MR) is 58.1 cm³/mol. The van der Waals surface area contributed by atoms with Crippen LogP contribution in [0.1, 0.15) is 0 Å². The van der Waals surface area contributed by atoms with Gasteiger partial charge in [-0.1, -0.05) is 0 Å². The van der Waals surface area contributed by atoms with Crippen molar-refractivity contribution in [1.29, 1.82) is 0 Å². The van der Waals surface area contributed by atoms with E-state index in [9.17, 15) is 4.79 Å². The maximum absolute atomic E-state index is 11.7. The van der Waals surface area contributed by atoms with E-state index in [-0.39, 0.29) is 24.5 Å². The molecule has 0 aromatic carbocycles. The molecule has 2 unspecified atom stereocenters. The minimum Gasteiger partial charge on any atom is -0.394 e. The van der Waals surface area contributed by atoms with Gasteiger partial charge in [0.15, 0.2) is 0 Å². The van der Waals surface area contributed by atoms with E-state index in [0.29, 0.717) is 33.0 Å². The molecule has 0 aromatic rings. The molecule has 3 N–H and O–H groups in total. The van der Waals surface area contributed by atoms with Gasteiger partial charge in [0.1, 0.15) is 0 Å². The van der Waals surface area contributed by atoms with Crippen LogP contribution in [0.25, 0.3) is 0 Å². The van der Waals surface area contributed by atoms with Crippen molar-refractivity contribution in [2.75, 3.05) is 46.6 Å². The van der Waals surface area contributed by atoms with Crippen molar-refractivity contribution in [3.63, 3.8) is 0 Å². The molecule has 6 nitrogen and oxygen atoms in total. The molecule has 0 spiro atoms. The molecule has 1 aliphatic heterocycles. The number of ether oxygens (including phenoxy) is 2. The van der Waals surface area contributed by atoms with Crippen molar-refractivity contribution >= 4 is 5.91 Å². The summed E-state index contributed by atoms with van der Waals surface area (Å²) in [5.74, 6) is -0.132. The maximum atomic E-state index is 11.7. The van der Waals surface area contributed by atoms with E-state index >= 15 is 0 Å². The first-order valence-corrected chi connectivity index (χ1v) is 5.51. The summed E-state index contributed by atoms with van der Waals surface area (Å²) < 4.78 is 10.3. The van der Waals surface area contributed by atoms with Crippen LogP contribution in [0.2, 0.25) is 0 Å². The fraction of sp³-hybridized carbons (Fsp3) is 0.900. The number of nitrogens with one attached hydrogen (secondary N) is 2. The minimum atomic E-state index is -0.122. The zero-order chi connectivity index (χ0) is 11.8. The molecule has 1 amide bonds. The number of rotatable bonds is 7. The van der Waals surface area contributed by atoms with Crippen molar-refractivity contribution in [3.8, 4) is 0 Å². The van der Waals surface area contributed by atoms with E-state index in [2.05, 4.69) is 10.6 Å². The van der Waals surface area contributed by atoms with Gasteiger partial charge in [-0.2, -0.15) is 0 Å². The number of amides is 1. The molecule has 1 heterocycles. The third-order valence-electron chi connectivity index (χ3n) is 2.57. The highest BCUT2D eigenvalue weighted by Gasteiger charge is 2.32. The fourth-order valence-electron chi connectivity index (χ4n) is 1.64. The van der Waals surface area contributed by atoms with Gasteiger partial charge in [-0.3, -0.25) is 4.79 Å². The van der Waals surface area contributed by atoms with Crippen LogP contribution in [0.5, 0.6) is 0 Å². The molecular formula is C10H20N2O4. The molecule has 0 aromatic heterocycles. The van der Waals surface area contributed by atoms with Gasteiger partial charge in [0, 0.05) is 12.6 Å². The van der Waals surface area contributed by atoms with E-state index in [4.69, 9.17) is 14.6 Å². The van der Waals surface area contributed by atoms with Gasteiger partial charge in [0.05, 0.1) is 39.0 Å². The fourth-order valence-corrected chi connectivity index (χ4v) is 1.64. The normalized spacial score (nSPS) is 24.6. The highest BCUT2D eigenvalue weighted by atomic mass is 16.5. The lowest BCUT2D eigenvalue weighted by molar-refractivity contribution is -0.125. The van der Waals surface area contributed by atoms with Crippen LogP contribution in [0.4, 0.5) is 0 Å². The monoisotopic (exact) mass is 232 g/mol. The lowest BCUT2D eigenvalue weighted by atomic mass is 10.0. The number of likely N-dealkylation sites (N-methyl/N-ethyl adjacent to an activating group) is 1. The van der Waals surface area contributed by atoms with Gasteiger partial charge in [0.25, 0.3) is 0 Å². The molecule has 0 radical (unpaired) electrons. The van der Waals surface area contributed by atoms with Crippen molar-refractivity contribution < 1.29 is 19.4 Å². The molecule has 6 heteroatoms. The van der Waals surface area contributed by atoms with E-state index < -0.39 is 0 Å². The summed E-state index contributed by atoms with van der Waals surface area (Å²) in [5.41, 5.74) is 0. The zero-order valence-electron chi connectivity index (χ0n) is 9.57. The Balaban J connectivity index is 2.14. The van der Waals surface area contributed by atoms with Gasteiger partial charge in [-0.25, -0.2) is 0 Å². The lowest BCUT2D eigenvalue weighted by Crippen LogP contribution is -2.43. The molecule has 0 aliphatic carbocycles. The molecule has 1 fully saturated rings. The summed E-state index contributed by atoms with van der Waals surface area (Å²) in [4.78, 5) is 11.7. The minimum absolute atomic E-state index is 0.00619. The highest BCUT2D eigenvalue weighted by Crippen LogP contribution is 2.12. The molecule has 1 saturated heterocycles.